The predicted octanol–water partition coefficient (Wildman–Crippen LogP) is 8.27. The van der Waals surface area contributed by atoms with Crippen LogP contribution < -0.4 is 6.15 Å². The molecule has 0 unspecified atom stereocenters. The number of rotatable bonds is 17. The van der Waals surface area contributed by atoms with Gasteiger partial charge in [0.1, 0.15) is 0 Å². The second-order valence-corrected chi connectivity index (χ2v) is 10.5. The van der Waals surface area contributed by atoms with Crippen molar-refractivity contribution in [2.75, 3.05) is 6.61 Å². The van der Waals surface area contributed by atoms with E-state index in [2.05, 4.69) is 6.92 Å². The summed E-state index contributed by atoms with van der Waals surface area (Å²) < 4.78 is 30.5. The first-order chi connectivity index (χ1) is 14.3. The number of unbranched alkanes of at least 4 members (excludes halogenated alkanes) is 13. The Bertz CT molecular complexity index is 714. The van der Waals surface area contributed by atoms with E-state index in [4.69, 9.17) is 4.18 Å². The zero-order chi connectivity index (χ0) is 22.4. The predicted molar refractivity (Wildman–Crippen MR) is 134 cm³/mol. The van der Waals surface area contributed by atoms with E-state index in [1.54, 1.807) is 6.07 Å². The highest BCUT2D eigenvalue weighted by molar-refractivity contribution is 7.86. The summed E-state index contributed by atoms with van der Waals surface area (Å²) in [5, 5.41) is 0. The second-order valence-electron chi connectivity index (χ2n) is 8.94. The Morgan fingerprint density at radius 2 is 1.06 bits per heavy atom. The zero-order valence-electron chi connectivity index (χ0n) is 21.0. The Morgan fingerprint density at radius 1 is 0.645 bits per heavy atom. The topological polar surface area (TPSA) is 78.4 Å². The maximum atomic E-state index is 12.6. The van der Waals surface area contributed by atoms with Crippen LogP contribution in [0.3, 0.4) is 0 Å². The van der Waals surface area contributed by atoms with Gasteiger partial charge >= 0.3 is 0 Å². The van der Waals surface area contributed by atoms with Crippen LogP contribution in [0.2, 0.25) is 0 Å². The molecule has 0 radical (unpaired) electrons. The van der Waals surface area contributed by atoms with Crippen molar-refractivity contribution in [2.24, 2.45) is 0 Å². The number of aryl methyl sites for hydroxylation is 1. The van der Waals surface area contributed by atoms with Crippen molar-refractivity contribution in [3.63, 3.8) is 0 Å². The van der Waals surface area contributed by atoms with Gasteiger partial charge in [0.15, 0.2) is 0 Å². The van der Waals surface area contributed by atoms with Crippen LogP contribution in [0.4, 0.5) is 0 Å². The van der Waals surface area contributed by atoms with Crippen molar-refractivity contribution in [3.8, 4) is 0 Å². The molecule has 0 aliphatic carbocycles. The van der Waals surface area contributed by atoms with Gasteiger partial charge in [-0.15, -0.1) is 0 Å². The van der Waals surface area contributed by atoms with Gasteiger partial charge < -0.3 is 6.15 Å². The molecule has 4 nitrogen and oxygen atoms in total. The van der Waals surface area contributed by atoms with E-state index in [-0.39, 0.29) is 12.8 Å². The van der Waals surface area contributed by atoms with Crippen molar-refractivity contribution >= 4 is 10.1 Å². The molecule has 0 aromatic heterocycles. The molecule has 3 N–H and O–H groups in total. The quantitative estimate of drug-likeness (QED) is 0.189. The standard InChI is InChI=1S/C26H46O3S.H3N/c1-6-7-8-9-10-11-12-13-14-15-16-17-18-19-20-29-30(27,28)26-21-22(2)23(3)24(4)25(26)5;/h21H,6-20H2,1-5H3;1H3. The average molecular weight is 456 g/mol. The summed E-state index contributed by atoms with van der Waals surface area (Å²) in [7, 11) is -3.67. The maximum Gasteiger partial charge on any atom is 0.297 e. The van der Waals surface area contributed by atoms with E-state index in [0.29, 0.717) is 4.90 Å². The first-order valence-electron chi connectivity index (χ1n) is 12.3. The van der Waals surface area contributed by atoms with Crippen molar-refractivity contribution in [1.29, 1.82) is 0 Å². The number of hydrogen-bond donors (Lipinski definition) is 1. The smallest absolute Gasteiger partial charge is 0.297 e. The van der Waals surface area contributed by atoms with Crippen molar-refractivity contribution in [3.05, 3.63) is 28.3 Å². The Kier molecular flexibility index (Phi) is 16.2. The molecule has 0 bridgehead atoms. The third kappa shape index (κ3) is 11.5. The summed E-state index contributed by atoms with van der Waals surface area (Å²) in [6.45, 7) is 10.4. The Labute approximate surface area is 193 Å². The summed E-state index contributed by atoms with van der Waals surface area (Å²) in [4.78, 5) is 0.327. The fourth-order valence-electron chi connectivity index (χ4n) is 3.96. The van der Waals surface area contributed by atoms with Crippen LogP contribution in [-0.4, -0.2) is 15.0 Å². The molecule has 1 rings (SSSR count). The Balaban J connectivity index is 0.00000900. The molecule has 182 valence electrons. The van der Waals surface area contributed by atoms with Gasteiger partial charge in [0.05, 0.1) is 11.5 Å². The molecule has 5 heteroatoms. The van der Waals surface area contributed by atoms with Crippen molar-refractivity contribution < 1.29 is 12.6 Å². The molecule has 0 amide bonds. The largest absolute Gasteiger partial charge is 0.344 e. The highest BCUT2D eigenvalue weighted by atomic mass is 32.2. The molecular formula is C26H49NO3S. The van der Waals surface area contributed by atoms with Gasteiger partial charge in [-0.3, -0.25) is 4.18 Å². The molecule has 0 aliphatic rings. The van der Waals surface area contributed by atoms with Gasteiger partial charge in [-0.2, -0.15) is 8.42 Å². The van der Waals surface area contributed by atoms with Crippen molar-refractivity contribution in [2.45, 2.75) is 129 Å². The minimum atomic E-state index is -3.67. The Hall–Kier alpha value is -0.910. The lowest BCUT2D eigenvalue weighted by Gasteiger charge is -2.14. The third-order valence-corrected chi connectivity index (χ3v) is 7.88. The fourth-order valence-corrected chi connectivity index (χ4v) is 5.28. The molecule has 31 heavy (non-hydrogen) atoms. The Morgan fingerprint density at radius 3 is 1.52 bits per heavy atom. The molecule has 1 aromatic rings. The molecule has 1 aromatic carbocycles. The summed E-state index contributed by atoms with van der Waals surface area (Å²) in [6, 6.07) is 1.75. The molecule has 0 aliphatic heterocycles. The average Bonchev–Trinajstić information content (AvgIpc) is 2.71. The SMILES string of the molecule is CCCCCCCCCCCCCCCCOS(=O)(=O)c1cc(C)c(C)c(C)c1C.N. The van der Waals surface area contributed by atoms with E-state index < -0.39 is 10.1 Å². The molecule has 0 saturated carbocycles. The van der Waals surface area contributed by atoms with Crippen molar-refractivity contribution in [1.82, 2.24) is 6.15 Å². The van der Waals surface area contributed by atoms with Gasteiger partial charge in [0, 0.05) is 0 Å². The monoisotopic (exact) mass is 455 g/mol. The van der Waals surface area contributed by atoms with E-state index >= 15 is 0 Å². The van der Waals surface area contributed by atoms with E-state index in [0.717, 1.165) is 35.1 Å². The van der Waals surface area contributed by atoms with E-state index in [1.165, 1.54) is 77.0 Å². The first-order valence-corrected chi connectivity index (χ1v) is 13.7. The van der Waals surface area contributed by atoms with Crippen LogP contribution in [-0.2, 0) is 14.3 Å². The van der Waals surface area contributed by atoms with Gasteiger partial charge in [0.2, 0.25) is 0 Å². The summed E-state index contributed by atoms with van der Waals surface area (Å²) >= 11 is 0. The van der Waals surface area contributed by atoms with Gasteiger partial charge in [0.25, 0.3) is 10.1 Å². The zero-order valence-corrected chi connectivity index (χ0v) is 21.8. The molecular weight excluding hydrogens is 406 g/mol. The lowest BCUT2D eigenvalue weighted by Crippen LogP contribution is -2.11. The summed E-state index contributed by atoms with van der Waals surface area (Å²) in [6.07, 6.45) is 18.0. The van der Waals surface area contributed by atoms with Crippen LogP contribution in [0, 0.1) is 27.7 Å². The number of hydrogen-bond acceptors (Lipinski definition) is 4. The lowest BCUT2D eigenvalue weighted by atomic mass is 10.00. The molecule has 0 fully saturated rings. The van der Waals surface area contributed by atoms with E-state index in [9.17, 15) is 8.42 Å². The van der Waals surface area contributed by atoms with Crippen LogP contribution in [0.25, 0.3) is 0 Å². The molecule has 0 spiro atoms. The van der Waals surface area contributed by atoms with Crippen LogP contribution in [0.5, 0.6) is 0 Å². The molecule has 0 heterocycles. The third-order valence-electron chi connectivity index (χ3n) is 6.44. The minimum Gasteiger partial charge on any atom is -0.344 e. The highest BCUT2D eigenvalue weighted by Crippen LogP contribution is 2.26. The lowest BCUT2D eigenvalue weighted by molar-refractivity contribution is 0.306. The number of benzene rings is 1. The maximum absolute atomic E-state index is 12.6. The first kappa shape index (κ1) is 30.1. The fraction of sp³-hybridized carbons (Fsp3) is 0.769. The normalized spacial score (nSPS) is 11.5. The molecule has 0 saturated heterocycles. The minimum absolute atomic E-state index is 0. The van der Waals surface area contributed by atoms with Gasteiger partial charge in [-0.25, -0.2) is 0 Å². The van der Waals surface area contributed by atoms with Crippen LogP contribution >= 0.6 is 0 Å². The molecule has 0 atom stereocenters. The second kappa shape index (κ2) is 16.7. The van der Waals surface area contributed by atoms with Gasteiger partial charge in [-0.1, -0.05) is 90.4 Å². The van der Waals surface area contributed by atoms with Crippen LogP contribution in [0.15, 0.2) is 11.0 Å². The highest BCUT2D eigenvalue weighted by Gasteiger charge is 2.20. The van der Waals surface area contributed by atoms with Crippen LogP contribution in [0.1, 0.15) is 119 Å². The summed E-state index contributed by atoms with van der Waals surface area (Å²) in [5.41, 5.74) is 3.99. The van der Waals surface area contributed by atoms with Gasteiger partial charge in [-0.05, 0) is 62.4 Å². The van der Waals surface area contributed by atoms with E-state index in [1.807, 2.05) is 27.7 Å². The summed E-state index contributed by atoms with van der Waals surface area (Å²) in [5.74, 6) is 0.